The molecule has 19 nitrogen and oxygen atoms in total. The first-order chi connectivity index (χ1) is 33.3. The number of aliphatic hydroxyl groups excluding tert-OH is 5. The number of aliphatic hydroxyl groups is 5. The van der Waals surface area contributed by atoms with E-state index < -0.39 is 98.1 Å². The van der Waals surface area contributed by atoms with E-state index in [-0.39, 0.29) is 24.2 Å². The van der Waals surface area contributed by atoms with Crippen molar-refractivity contribution in [3.8, 4) is 0 Å². The molecule has 19 heteroatoms. The van der Waals surface area contributed by atoms with Gasteiger partial charge < -0.3 is 80.9 Å². The normalized spacial score (nSPS) is 35.7. The lowest BCUT2D eigenvalue weighted by Gasteiger charge is -2.49. The third-order valence-electron chi connectivity index (χ3n) is 14.8. The first kappa shape index (κ1) is 55.9. The van der Waals surface area contributed by atoms with Crippen LogP contribution in [0, 0.1) is 17.8 Å². The van der Waals surface area contributed by atoms with Gasteiger partial charge in [0, 0.05) is 39.6 Å². The van der Waals surface area contributed by atoms with Crippen molar-refractivity contribution in [2.75, 3.05) is 72.1 Å². The van der Waals surface area contributed by atoms with E-state index in [1.54, 1.807) is 6.92 Å². The Kier molecular flexibility index (Phi) is 23.2. The van der Waals surface area contributed by atoms with Gasteiger partial charge in [-0.05, 0) is 114 Å². The Morgan fingerprint density at radius 3 is 2.16 bits per heavy atom. The van der Waals surface area contributed by atoms with Crippen LogP contribution in [0.25, 0.3) is 0 Å². The van der Waals surface area contributed by atoms with Crippen molar-refractivity contribution in [1.29, 1.82) is 0 Å². The molecule has 1 aromatic rings. The number of ether oxygens (including phenoxy) is 5. The van der Waals surface area contributed by atoms with Gasteiger partial charge >= 0.3 is 5.97 Å². The average Bonchev–Trinajstić information content (AvgIpc) is 3.33. The molecule has 3 aliphatic heterocycles. The van der Waals surface area contributed by atoms with Crippen molar-refractivity contribution in [1.82, 2.24) is 31.5 Å². The van der Waals surface area contributed by atoms with E-state index in [4.69, 9.17) is 23.7 Å². The number of carboxylic acids is 1. The van der Waals surface area contributed by atoms with Crippen LogP contribution in [-0.2, 0) is 46.2 Å². The van der Waals surface area contributed by atoms with Gasteiger partial charge in [0.25, 0.3) is 0 Å². The monoisotopic (exact) mass is 979 g/mol. The van der Waals surface area contributed by atoms with Gasteiger partial charge in [0.05, 0.1) is 24.9 Å². The number of carboxylic acid groups (broad SMARTS) is 1. The van der Waals surface area contributed by atoms with Crippen molar-refractivity contribution in [2.45, 2.75) is 178 Å². The molecule has 6 rings (SSSR count). The maximum atomic E-state index is 12.8. The molecule has 0 radical (unpaired) electrons. The highest BCUT2D eigenvalue weighted by atomic mass is 16.7. The fraction of sp³-hybridized carbons (Fsp3) is 0.840. The average molecular weight is 979 g/mol. The SMILES string of the molecule is CC(=O)NC1C(OC2CC(CNCCc3ccc(CN4CCCNCCNCCCNCC4)cc3)CC(C)C2OC2OC(C)C(O)C(O)C2O)OC(CO)C(O)C1O[C@@H](CC1CCCCC1)C(=O)O. The molecule has 5 aliphatic rings. The standard InChI is InChI=1S/C50H86N6O13/c1-31-25-37(28-54-19-15-34-11-13-36(14-12-34)29-56-23-8-18-52-21-20-51-16-7-17-53-22-24-56)27-38(46(31)69-50-45(62)44(61)42(59)32(2)65-50)67-49-41(55-33(3)58)47(43(60)40(30-57)68-49)66-39(48(63)64)26-35-9-5-4-6-10-35/h11-14,31-32,35,37-47,49-54,57,59-62H,4-10,15-30H2,1-3H3,(H,55,58)(H,63,64)/t31?,32?,37?,38?,39-,40?,41?,42?,43?,44?,45?,46?,47?,49?,50?/m0/s1. The summed E-state index contributed by atoms with van der Waals surface area (Å²) in [6.45, 7) is 14.5. The van der Waals surface area contributed by atoms with Crippen LogP contribution in [0.3, 0.4) is 0 Å². The van der Waals surface area contributed by atoms with Crippen molar-refractivity contribution in [2.24, 2.45) is 17.8 Å². The number of nitrogens with zero attached hydrogens (tertiary/aromatic N) is 1. The zero-order chi connectivity index (χ0) is 49.3. The molecule has 3 heterocycles. The Labute approximate surface area is 409 Å². The number of amides is 1. The lowest BCUT2D eigenvalue weighted by atomic mass is 9.78. The van der Waals surface area contributed by atoms with Gasteiger partial charge in [-0.1, -0.05) is 63.3 Å². The van der Waals surface area contributed by atoms with Crippen LogP contribution < -0.4 is 26.6 Å². The minimum absolute atomic E-state index is 0.0619. The van der Waals surface area contributed by atoms with Gasteiger partial charge in [-0.25, -0.2) is 4.79 Å². The quantitative estimate of drug-likeness (QED) is 0.0879. The molecular formula is C50H86N6O13. The Morgan fingerprint density at radius 1 is 0.768 bits per heavy atom. The Morgan fingerprint density at radius 2 is 1.46 bits per heavy atom. The second-order valence-electron chi connectivity index (χ2n) is 20.4. The lowest BCUT2D eigenvalue weighted by Crippen LogP contribution is -2.67. The number of carbonyl (C=O) groups is 2. The summed E-state index contributed by atoms with van der Waals surface area (Å²) in [5.74, 6) is -1.70. The van der Waals surface area contributed by atoms with Crippen LogP contribution in [-0.4, -0.2) is 199 Å². The van der Waals surface area contributed by atoms with E-state index in [1.807, 2.05) is 6.92 Å². The van der Waals surface area contributed by atoms with Gasteiger partial charge in [-0.3, -0.25) is 9.69 Å². The van der Waals surface area contributed by atoms with Crippen LogP contribution in [0.15, 0.2) is 24.3 Å². The smallest absolute Gasteiger partial charge is 0.332 e. The van der Waals surface area contributed by atoms with E-state index in [1.165, 1.54) is 18.1 Å². The molecule has 14 unspecified atom stereocenters. The summed E-state index contributed by atoms with van der Waals surface area (Å²) in [4.78, 5) is 28.0. The van der Waals surface area contributed by atoms with E-state index in [9.17, 15) is 40.2 Å². The summed E-state index contributed by atoms with van der Waals surface area (Å²) in [6, 6.07) is 7.68. The molecule has 15 atom stereocenters. The number of hydrogen-bond donors (Lipinski definition) is 11. The second kappa shape index (κ2) is 28.7. The molecule has 5 fully saturated rings. The fourth-order valence-electron chi connectivity index (χ4n) is 10.9. The van der Waals surface area contributed by atoms with E-state index in [0.29, 0.717) is 19.4 Å². The summed E-state index contributed by atoms with van der Waals surface area (Å²) in [7, 11) is 0. The van der Waals surface area contributed by atoms with Gasteiger partial charge in [0.1, 0.15) is 42.7 Å². The Hall–Kier alpha value is -2.44. The summed E-state index contributed by atoms with van der Waals surface area (Å²) in [5.41, 5.74) is 2.52. The maximum absolute atomic E-state index is 12.8. The highest BCUT2D eigenvalue weighted by Gasteiger charge is 2.52. The Balaban J connectivity index is 1.11. The lowest BCUT2D eigenvalue weighted by molar-refractivity contribution is -0.338. The summed E-state index contributed by atoms with van der Waals surface area (Å²) in [5, 5.41) is 81.5. The molecule has 2 saturated carbocycles. The molecule has 11 N–H and O–H groups in total. The molecule has 69 heavy (non-hydrogen) atoms. The molecule has 2 aliphatic carbocycles. The minimum atomic E-state index is -1.57. The van der Waals surface area contributed by atoms with Crippen molar-refractivity contribution in [3.63, 3.8) is 0 Å². The largest absolute Gasteiger partial charge is 0.479 e. The number of rotatable bonds is 18. The molecular weight excluding hydrogens is 893 g/mol. The number of carbonyl (C=O) groups excluding carboxylic acids is 1. The van der Waals surface area contributed by atoms with Crippen LogP contribution in [0.4, 0.5) is 0 Å². The van der Waals surface area contributed by atoms with Gasteiger partial charge in [-0.15, -0.1) is 0 Å². The van der Waals surface area contributed by atoms with E-state index in [2.05, 4.69) is 55.7 Å². The molecule has 0 aromatic heterocycles. The second-order valence-corrected chi connectivity index (χ2v) is 20.4. The van der Waals surface area contributed by atoms with Crippen molar-refractivity contribution < 1.29 is 63.9 Å². The van der Waals surface area contributed by atoms with Crippen molar-refractivity contribution in [3.05, 3.63) is 35.4 Å². The summed E-state index contributed by atoms with van der Waals surface area (Å²) >= 11 is 0. The van der Waals surface area contributed by atoms with Crippen LogP contribution in [0.2, 0.25) is 0 Å². The third-order valence-corrected chi connectivity index (χ3v) is 14.8. The fourth-order valence-corrected chi connectivity index (χ4v) is 10.9. The highest BCUT2D eigenvalue weighted by Crippen LogP contribution is 2.38. The summed E-state index contributed by atoms with van der Waals surface area (Å²) < 4.78 is 31.6. The van der Waals surface area contributed by atoms with Crippen LogP contribution >= 0.6 is 0 Å². The minimum Gasteiger partial charge on any atom is -0.479 e. The topological polar surface area (TPSA) is 265 Å². The number of aliphatic carboxylic acids is 1. The zero-order valence-corrected chi connectivity index (χ0v) is 41.3. The van der Waals surface area contributed by atoms with Crippen LogP contribution in [0.1, 0.15) is 96.1 Å². The van der Waals surface area contributed by atoms with Gasteiger partial charge in [0.15, 0.2) is 18.7 Å². The Bertz CT molecular complexity index is 1630. The predicted octanol–water partition coefficient (Wildman–Crippen LogP) is 0.219. The predicted molar refractivity (Wildman–Crippen MR) is 257 cm³/mol. The molecule has 1 aromatic carbocycles. The molecule has 0 spiro atoms. The molecule has 0 bridgehead atoms. The molecule has 394 valence electrons. The summed E-state index contributed by atoms with van der Waals surface area (Å²) in [6.07, 6.45) is -5.61. The molecule has 1 amide bonds. The first-order valence-electron chi connectivity index (χ1n) is 26.0. The zero-order valence-electron chi connectivity index (χ0n) is 41.3. The third kappa shape index (κ3) is 17.1. The first-order valence-corrected chi connectivity index (χ1v) is 26.0. The highest BCUT2D eigenvalue weighted by molar-refractivity contribution is 5.73. The van der Waals surface area contributed by atoms with E-state index >= 15 is 0 Å². The number of benzene rings is 1. The molecule has 3 saturated heterocycles. The van der Waals surface area contributed by atoms with Crippen molar-refractivity contribution >= 4 is 11.9 Å². The van der Waals surface area contributed by atoms with Gasteiger partial charge in [-0.2, -0.15) is 0 Å². The number of nitrogens with one attached hydrogen (secondary N) is 5. The van der Waals surface area contributed by atoms with E-state index in [0.717, 1.165) is 117 Å². The van der Waals surface area contributed by atoms with Gasteiger partial charge in [0.2, 0.25) is 5.91 Å². The van der Waals surface area contributed by atoms with Crippen LogP contribution in [0.5, 0.6) is 0 Å². The number of hydrogen-bond acceptors (Lipinski definition) is 17. The maximum Gasteiger partial charge on any atom is 0.332 e.